The molecule has 0 amide bonds. The van der Waals surface area contributed by atoms with Gasteiger partial charge in [-0.3, -0.25) is 9.69 Å². The summed E-state index contributed by atoms with van der Waals surface area (Å²) >= 11 is 0. The molecule has 5 nitrogen and oxygen atoms in total. The number of Topliss-reactive ketones (excluding diaryl/α,β-unsaturated/α-hetero) is 1. The Balaban J connectivity index is 1.31. The van der Waals surface area contributed by atoms with Crippen LogP contribution in [0.4, 0.5) is 0 Å². The predicted octanol–water partition coefficient (Wildman–Crippen LogP) is 4.56. The number of piperidine rings is 4. The maximum absolute atomic E-state index is 13.7. The number of ketones is 1. The molecule has 4 aliphatic rings. The lowest BCUT2D eigenvalue weighted by Crippen LogP contribution is -2.66. The van der Waals surface area contributed by atoms with Crippen LogP contribution in [-0.2, 0) is 9.53 Å². The molecular formula is C29H37N2O3+. The molecule has 0 radical (unpaired) electrons. The van der Waals surface area contributed by atoms with Gasteiger partial charge in [0.15, 0.2) is 6.10 Å². The van der Waals surface area contributed by atoms with Gasteiger partial charge in [-0.15, -0.1) is 0 Å². The second-order valence-corrected chi connectivity index (χ2v) is 10.6. The molecule has 4 aliphatic heterocycles. The van der Waals surface area contributed by atoms with Gasteiger partial charge in [-0.25, -0.2) is 4.79 Å². The minimum Gasteiger partial charge on any atom is -0.455 e. The summed E-state index contributed by atoms with van der Waals surface area (Å²) in [6.45, 7) is 7.22. The first kappa shape index (κ1) is 23.3. The molecule has 5 heteroatoms. The van der Waals surface area contributed by atoms with E-state index < -0.39 is 0 Å². The van der Waals surface area contributed by atoms with E-state index in [2.05, 4.69) is 36.1 Å². The van der Waals surface area contributed by atoms with Crippen molar-refractivity contribution in [2.45, 2.75) is 51.2 Å². The third kappa shape index (κ3) is 4.96. The van der Waals surface area contributed by atoms with Crippen LogP contribution in [0.15, 0.2) is 54.6 Å². The molecule has 4 heterocycles. The smallest absolute Gasteiger partial charge is 0.328 e. The number of ether oxygens (including phenoxy) is 1. The summed E-state index contributed by atoms with van der Waals surface area (Å²) in [6.07, 6.45) is 5.44. The van der Waals surface area contributed by atoms with E-state index in [0.29, 0.717) is 12.5 Å². The Morgan fingerprint density at radius 2 is 1.65 bits per heavy atom. The van der Waals surface area contributed by atoms with Gasteiger partial charge in [-0.1, -0.05) is 66.6 Å². The van der Waals surface area contributed by atoms with Crippen LogP contribution < -0.4 is 0 Å². The molecule has 4 saturated heterocycles. The van der Waals surface area contributed by atoms with Crippen LogP contribution >= 0.6 is 0 Å². The summed E-state index contributed by atoms with van der Waals surface area (Å²) in [5, 5.41) is 0. The van der Waals surface area contributed by atoms with E-state index in [1.165, 1.54) is 12.0 Å². The van der Waals surface area contributed by atoms with Gasteiger partial charge in [-0.05, 0) is 38.4 Å². The zero-order valence-corrected chi connectivity index (χ0v) is 20.3. The Hall–Kier alpha value is -2.50. The topological polar surface area (TPSA) is 46.6 Å². The molecule has 1 unspecified atom stereocenters. The lowest BCUT2D eigenvalue weighted by atomic mass is 9.82. The van der Waals surface area contributed by atoms with E-state index in [9.17, 15) is 9.59 Å². The molecule has 0 N–H and O–H groups in total. The van der Waals surface area contributed by atoms with Crippen LogP contribution in [0.25, 0.3) is 0 Å². The van der Waals surface area contributed by atoms with E-state index in [0.717, 1.165) is 74.0 Å². The van der Waals surface area contributed by atoms with Gasteiger partial charge in [-0.2, -0.15) is 0 Å². The molecule has 0 spiro atoms. The van der Waals surface area contributed by atoms with E-state index in [-0.39, 0.29) is 23.9 Å². The van der Waals surface area contributed by atoms with Crippen LogP contribution in [0, 0.1) is 12.8 Å². The number of carbonyl (C=O) groups is 2. The first-order chi connectivity index (χ1) is 16.5. The highest BCUT2D eigenvalue weighted by Crippen LogP contribution is 2.37. The van der Waals surface area contributed by atoms with Crippen molar-refractivity contribution in [1.82, 2.24) is 4.90 Å². The zero-order valence-electron chi connectivity index (χ0n) is 20.3. The molecule has 180 valence electrons. The van der Waals surface area contributed by atoms with Crippen LogP contribution in [0.2, 0.25) is 0 Å². The molecule has 0 aliphatic carbocycles. The number of rotatable bonds is 7. The van der Waals surface area contributed by atoms with Crippen molar-refractivity contribution < 1.29 is 18.8 Å². The molecule has 2 bridgehead atoms. The SMILES string of the molecule is Cc1ccc(C(C(=O)O[C@H]2C[N+]3(CC(=O)c4ccccc4)CCC2CC3)N2CCCCC2)cc1. The Bertz CT molecular complexity index is 990. The van der Waals surface area contributed by atoms with Crippen molar-refractivity contribution >= 4 is 11.8 Å². The van der Waals surface area contributed by atoms with E-state index in [4.69, 9.17) is 4.74 Å². The van der Waals surface area contributed by atoms with Gasteiger partial charge in [0.25, 0.3) is 0 Å². The molecule has 2 aromatic carbocycles. The van der Waals surface area contributed by atoms with Gasteiger partial charge >= 0.3 is 5.97 Å². The van der Waals surface area contributed by atoms with E-state index in [1.807, 2.05) is 30.3 Å². The summed E-state index contributed by atoms with van der Waals surface area (Å²) in [5.41, 5.74) is 3.00. The minimum atomic E-state index is -0.337. The third-order valence-corrected chi connectivity index (χ3v) is 8.26. The van der Waals surface area contributed by atoms with Crippen LogP contribution in [0.3, 0.4) is 0 Å². The number of hydrogen-bond acceptors (Lipinski definition) is 4. The zero-order chi connectivity index (χ0) is 23.5. The number of esters is 1. The Labute approximate surface area is 203 Å². The number of nitrogens with zero attached hydrogens (tertiary/aromatic N) is 2. The molecule has 4 fully saturated rings. The van der Waals surface area contributed by atoms with Crippen molar-refractivity contribution in [3.05, 3.63) is 71.3 Å². The quantitative estimate of drug-likeness (QED) is 0.345. The van der Waals surface area contributed by atoms with Gasteiger partial charge in [0.05, 0.1) is 13.1 Å². The van der Waals surface area contributed by atoms with Crippen LogP contribution in [0.1, 0.15) is 59.6 Å². The third-order valence-electron chi connectivity index (χ3n) is 8.26. The number of quaternary nitrogens is 1. The summed E-state index contributed by atoms with van der Waals surface area (Å²) in [5.74, 6) is 0.490. The standard InChI is InChI=1S/C29H37N2O3/c1-22-10-12-25(13-11-22)28(30-16-6-3-7-17-30)29(33)34-27-21-31(18-14-24(27)15-19-31)20-26(32)23-8-4-2-5-9-23/h2,4-5,8-13,24,27-28H,3,6-7,14-21H2,1H3/q+1/t24?,27-,28?,31?/m0/s1. The second kappa shape index (κ2) is 10.0. The monoisotopic (exact) mass is 461 g/mol. The number of fused-ring (bicyclic) bond motifs is 3. The van der Waals surface area contributed by atoms with Crippen molar-refractivity contribution in [3.8, 4) is 0 Å². The summed E-state index contributed by atoms with van der Waals surface area (Å²) in [7, 11) is 0. The molecule has 0 saturated carbocycles. The molecule has 6 rings (SSSR count). The first-order valence-corrected chi connectivity index (χ1v) is 13.0. The fraction of sp³-hybridized carbons (Fsp3) is 0.517. The second-order valence-electron chi connectivity index (χ2n) is 10.6. The molecule has 2 aromatic rings. The molecule has 0 aromatic heterocycles. The maximum Gasteiger partial charge on any atom is 0.328 e. The average Bonchev–Trinajstić information content (AvgIpc) is 2.87. The Morgan fingerprint density at radius 3 is 2.32 bits per heavy atom. The minimum absolute atomic E-state index is 0.101. The number of likely N-dealkylation sites (tertiary alicyclic amines) is 1. The number of aryl methyl sites for hydroxylation is 1. The molecule has 2 atom stereocenters. The summed E-state index contributed by atoms with van der Waals surface area (Å²) in [6, 6.07) is 17.6. The lowest BCUT2D eigenvalue weighted by Gasteiger charge is -2.51. The average molecular weight is 462 g/mol. The van der Waals surface area contributed by atoms with Gasteiger partial charge in [0.2, 0.25) is 5.78 Å². The number of carbonyl (C=O) groups excluding carboxylic acids is 2. The summed E-state index contributed by atoms with van der Waals surface area (Å²) in [4.78, 5) is 29.0. The normalized spacial score (nSPS) is 27.8. The fourth-order valence-electron chi connectivity index (χ4n) is 6.23. The first-order valence-electron chi connectivity index (χ1n) is 13.0. The number of benzene rings is 2. The van der Waals surface area contributed by atoms with Crippen molar-refractivity contribution in [2.24, 2.45) is 5.92 Å². The van der Waals surface area contributed by atoms with Crippen molar-refractivity contribution in [1.29, 1.82) is 0 Å². The maximum atomic E-state index is 13.7. The highest BCUT2D eigenvalue weighted by Gasteiger charge is 2.49. The lowest BCUT2D eigenvalue weighted by molar-refractivity contribution is -0.938. The van der Waals surface area contributed by atoms with Crippen LogP contribution in [-0.4, -0.2) is 66.5 Å². The Morgan fingerprint density at radius 1 is 0.971 bits per heavy atom. The van der Waals surface area contributed by atoms with E-state index in [1.54, 1.807) is 0 Å². The van der Waals surface area contributed by atoms with Crippen molar-refractivity contribution in [3.63, 3.8) is 0 Å². The predicted molar refractivity (Wildman–Crippen MR) is 132 cm³/mol. The molecular weight excluding hydrogens is 424 g/mol. The number of hydrogen-bond donors (Lipinski definition) is 0. The van der Waals surface area contributed by atoms with Crippen molar-refractivity contribution in [2.75, 3.05) is 39.3 Å². The highest BCUT2D eigenvalue weighted by molar-refractivity contribution is 5.97. The Kier molecular flexibility index (Phi) is 6.84. The van der Waals surface area contributed by atoms with Gasteiger partial charge < -0.3 is 9.22 Å². The summed E-state index contributed by atoms with van der Waals surface area (Å²) < 4.78 is 7.08. The largest absolute Gasteiger partial charge is 0.455 e. The molecule has 34 heavy (non-hydrogen) atoms. The van der Waals surface area contributed by atoms with Gasteiger partial charge in [0.1, 0.15) is 19.1 Å². The van der Waals surface area contributed by atoms with Crippen LogP contribution in [0.5, 0.6) is 0 Å². The van der Waals surface area contributed by atoms with E-state index >= 15 is 0 Å². The fourth-order valence-corrected chi connectivity index (χ4v) is 6.23. The van der Waals surface area contributed by atoms with Gasteiger partial charge in [0, 0.05) is 24.3 Å². The highest BCUT2D eigenvalue weighted by atomic mass is 16.5.